The van der Waals surface area contributed by atoms with Crippen molar-refractivity contribution in [2.24, 2.45) is 0 Å². The third kappa shape index (κ3) is 4.70. The first-order chi connectivity index (χ1) is 14.8. The molecular formula is C19H7ClF8INO2. The molecule has 2 aromatic carbocycles. The molecule has 32 heavy (non-hydrogen) atoms. The molecule has 0 aromatic heterocycles. The van der Waals surface area contributed by atoms with Crippen LogP contribution in [0.1, 0.15) is 6.42 Å². The molecule has 3 rings (SSSR count). The summed E-state index contributed by atoms with van der Waals surface area (Å²) in [6.45, 7) is 0. The van der Waals surface area contributed by atoms with Crippen molar-refractivity contribution < 1.29 is 44.7 Å². The Morgan fingerprint density at radius 3 is 2.12 bits per heavy atom. The van der Waals surface area contributed by atoms with Crippen molar-refractivity contribution in [2.75, 3.05) is 5.32 Å². The van der Waals surface area contributed by atoms with Crippen molar-refractivity contribution in [3.8, 4) is 5.75 Å². The first kappa shape index (κ1) is 24.3. The number of halogens is 10. The number of rotatable bonds is 4. The number of carbonyl (C=O) groups excluding carboxylic acids is 1. The van der Waals surface area contributed by atoms with Gasteiger partial charge in [0.2, 0.25) is 34.8 Å². The van der Waals surface area contributed by atoms with E-state index in [1.54, 1.807) is 0 Å². The highest BCUT2D eigenvalue weighted by molar-refractivity contribution is 14.1. The number of benzene rings is 2. The molecule has 0 fully saturated rings. The van der Waals surface area contributed by atoms with Crippen molar-refractivity contribution in [3.05, 3.63) is 79.1 Å². The van der Waals surface area contributed by atoms with Crippen molar-refractivity contribution in [3.63, 3.8) is 0 Å². The third-order valence-corrected chi connectivity index (χ3v) is 5.05. The lowest BCUT2D eigenvalue weighted by Gasteiger charge is -2.23. The Morgan fingerprint density at radius 1 is 1.00 bits per heavy atom. The Kier molecular flexibility index (Phi) is 6.75. The summed E-state index contributed by atoms with van der Waals surface area (Å²) in [5.74, 6) is -21.9. The van der Waals surface area contributed by atoms with Gasteiger partial charge in [-0.15, -0.1) is 0 Å². The third-order valence-electron chi connectivity index (χ3n) is 4.06. The largest absolute Gasteiger partial charge is 0.416 e. The molecule has 0 atom stereocenters. The van der Waals surface area contributed by atoms with Crippen LogP contribution < -0.4 is 10.1 Å². The highest BCUT2D eigenvalue weighted by Crippen LogP contribution is 2.39. The van der Waals surface area contributed by atoms with E-state index in [0.717, 1.165) is 0 Å². The Bertz CT molecular complexity index is 1170. The van der Waals surface area contributed by atoms with Crippen molar-refractivity contribution in [1.82, 2.24) is 0 Å². The summed E-state index contributed by atoms with van der Waals surface area (Å²) in [5, 5.41) is 2.31. The van der Waals surface area contributed by atoms with E-state index in [1.807, 2.05) is 22.6 Å². The molecule has 170 valence electrons. The maximum absolute atomic E-state index is 14.5. The smallest absolute Gasteiger partial charge is 0.345 e. The molecular weight excluding hydrogens is 589 g/mol. The van der Waals surface area contributed by atoms with E-state index in [4.69, 9.17) is 11.6 Å². The minimum Gasteiger partial charge on any atom is -0.416 e. The molecule has 0 bridgehead atoms. The fourth-order valence-electron chi connectivity index (χ4n) is 2.62. The number of alkyl halides is 2. The van der Waals surface area contributed by atoms with Crippen LogP contribution in [0.3, 0.4) is 0 Å². The zero-order valence-corrected chi connectivity index (χ0v) is 18.0. The topological polar surface area (TPSA) is 38.3 Å². The second-order valence-corrected chi connectivity index (χ2v) is 7.97. The molecule has 0 unspecified atom stereocenters. The minimum absolute atomic E-state index is 0.00187. The number of hydrogen-bond donors (Lipinski definition) is 1. The van der Waals surface area contributed by atoms with Crippen LogP contribution in [0.2, 0.25) is 5.02 Å². The highest BCUT2D eigenvalue weighted by Gasteiger charge is 2.39. The predicted molar refractivity (Wildman–Crippen MR) is 105 cm³/mol. The van der Waals surface area contributed by atoms with Crippen LogP contribution >= 0.6 is 34.2 Å². The molecule has 0 aliphatic heterocycles. The first-order valence-electron chi connectivity index (χ1n) is 8.27. The van der Waals surface area contributed by atoms with E-state index in [1.165, 1.54) is 18.2 Å². The number of nitrogens with one attached hydrogen (secondary N) is 1. The summed E-state index contributed by atoms with van der Waals surface area (Å²) >= 11 is 7.89. The van der Waals surface area contributed by atoms with Gasteiger partial charge in [-0.05, 0) is 40.8 Å². The van der Waals surface area contributed by atoms with Crippen LogP contribution in [0.25, 0.3) is 0 Å². The average Bonchev–Trinajstić information content (AvgIpc) is 2.71. The van der Waals surface area contributed by atoms with Crippen LogP contribution in [0.15, 0.2) is 41.4 Å². The fraction of sp³-hybridized carbons (Fsp3) is 0.105. The van der Waals surface area contributed by atoms with E-state index < -0.39 is 70.2 Å². The van der Waals surface area contributed by atoms with Gasteiger partial charge in [0.15, 0.2) is 0 Å². The van der Waals surface area contributed by atoms with E-state index in [-0.39, 0.29) is 16.8 Å². The Labute approximate surface area is 192 Å². The monoisotopic (exact) mass is 595 g/mol. The standard InChI is InChI=1S/C19H7ClF8INO2/c20-8-3-6(29)1-2-10(8)30-16-7(4-19(27,28)5-9(16)21)18(31)32-17-14(25)12(23)11(22)13(24)15(17)26/h1-4,30H,5H2. The van der Waals surface area contributed by atoms with Gasteiger partial charge in [0.1, 0.15) is 5.83 Å². The number of esters is 1. The van der Waals surface area contributed by atoms with Crippen LogP contribution in [0.4, 0.5) is 40.8 Å². The quantitative estimate of drug-likeness (QED) is 0.106. The number of hydrogen-bond acceptors (Lipinski definition) is 3. The Hall–Kier alpha value is -2.35. The zero-order valence-electron chi connectivity index (χ0n) is 15.1. The molecule has 1 N–H and O–H groups in total. The number of allylic oxidation sites excluding steroid dienone is 2. The summed E-state index contributed by atoms with van der Waals surface area (Å²) in [6.07, 6.45) is -1.54. The molecule has 1 aliphatic rings. The summed E-state index contributed by atoms with van der Waals surface area (Å²) in [5.41, 5.74) is -2.16. The molecule has 0 spiro atoms. The molecule has 0 radical (unpaired) electrons. The molecule has 3 nitrogen and oxygen atoms in total. The van der Waals surface area contributed by atoms with Gasteiger partial charge in [-0.2, -0.15) is 8.78 Å². The van der Waals surface area contributed by atoms with Crippen LogP contribution in [-0.4, -0.2) is 11.9 Å². The Morgan fingerprint density at radius 2 is 1.56 bits per heavy atom. The van der Waals surface area contributed by atoms with Crippen LogP contribution in [-0.2, 0) is 4.79 Å². The van der Waals surface area contributed by atoms with Gasteiger partial charge in [0.25, 0.3) is 5.92 Å². The SMILES string of the molecule is O=C(Oc1c(F)c(F)c(F)c(F)c1F)C1=CC(F)(F)CC(F)=C1Nc1ccc(I)cc1Cl. The van der Waals surface area contributed by atoms with E-state index in [9.17, 15) is 39.9 Å². The minimum atomic E-state index is -3.92. The summed E-state index contributed by atoms with van der Waals surface area (Å²) < 4.78 is 114. The highest BCUT2D eigenvalue weighted by atomic mass is 127. The lowest BCUT2D eigenvalue weighted by Crippen LogP contribution is -2.27. The van der Waals surface area contributed by atoms with Gasteiger partial charge in [0.05, 0.1) is 28.4 Å². The molecule has 1 aliphatic carbocycles. The maximum Gasteiger partial charge on any atom is 0.345 e. The maximum atomic E-state index is 14.5. The van der Waals surface area contributed by atoms with E-state index >= 15 is 0 Å². The second kappa shape index (κ2) is 8.89. The Balaban J connectivity index is 2.03. The van der Waals surface area contributed by atoms with Gasteiger partial charge in [-0.3, -0.25) is 0 Å². The second-order valence-electron chi connectivity index (χ2n) is 6.31. The van der Waals surface area contributed by atoms with Gasteiger partial charge in [0, 0.05) is 9.65 Å². The first-order valence-corrected chi connectivity index (χ1v) is 9.73. The van der Waals surface area contributed by atoms with Crippen molar-refractivity contribution in [2.45, 2.75) is 12.3 Å². The van der Waals surface area contributed by atoms with Crippen molar-refractivity contribution in [1.29, 1.82) is 0 Å². The van der Waals surface area contributed by atoms with E-state index in [2.05, 4.69) is 10.1 Å². The lowest BCUT2D eigenvalue weighted by atomic mass is 9.99. The molecule has 13 heteroatoms. The summed E-state index contributed by atoms with van der Waals surface area (Å²) in [6, 6.07) is 4.24. The molecule has 2 aromatic rings. The number of ether oxygens (including phenoxy) is 1. The molecule has 0 amide bonds. The molecule has 0 heterocycles. The van der Waals surface area contributed by atoms with Crippen LogP contribution in [0.5, 0.6) is 5.75 Å². The normalized spacial score (nSPS) is 15.5. The zero-order chi connectivity index (χ0) is 24.0. The number of carbonyl (C=O) groups is 1. The predicted octanol–water partition coefficient (Wildman–Crippen LogP) is 6.80. The van der Waals surface area contributed by atoms with Gasteiger partial charge >= 0.3 is 5.97 Å². The van der Waals surface area contributed by atoms with Gasteiger partial charge in [-0.1, -0.05) is 11.6 Å². The lowest BCUT2D eigenvalue weighted by molar-refractivity contribution is -0.130. The van der Waals surface area contributed by atoms with Crippen molar-refractivity contribution >= 4 is 45.8 Å². The van der Waals surface area contributed by atoms with E-state index in [0.29, 0.717) is 3.57 Å². The molecule has 0 saturated heterocycles. The average molecular weight is 596 g/mol. The van der Waals surface area contributed by atoms with Gasteiger partial charge in [-0.25, -0.2) is 31.1 Å². The molecule has 0 saturated carbocycles. The van der Waals surface area contributed by atoms with Gasteiger partial charge < -0.3 is 10.1 Å². The number of anilines is 1. The fourth-order valence-corrected chi connectivity index (χ4v) is 3.52. The summed E-state index contributed by atoms with van der Waals surface area (Å²) in [4.78, 5) is 12.4. The van der Waals surface area contributed by atoms with Crippen LogP contribution in [0, 0.1) is 32.7 Å². The summed E-state index contributed by atoms with van der Waals surface area (Å²) in [7, 11) is 0.